The highest BCUT2D eigenvalue weighted by Crippen LogP contribution is 2.26. The molecule has 0 bridgehead atoms. The van der Waals surface area contributed by atoms with Crippen LogP contribution in [0.3, 0.4) is 0 Å². The molecule has 0 unspecified atom stereocenters. The molecule has 1 saturated heterocycles. The van der Waals surface area contributed by atoms with E-state index in [1.165, 1.54) is 24.1 Å². The maximum atomic E-state index is 12.6. The molecule has 0 saturated carbocycles. The van der Waals surface area contributed by atoms with E-state index in [4.69, 9.17) is 10.5 Å². The predicted molar refractivity (Wildman–Crippen MR) is 75.7 cm³/mol. The summed E-state index contributed by atoms with van der Waals surface area (Å²) in [5.41, 5.74) is 5.30. The Morgan fingerprint density at radius 3 is 2.67 bits per heavy atom. The number of nitrogen functional groups attached to an aromatic ring is 1. The molecule has 3 amide bonds. The van der Waals surface area contributed by atoms with Crippen LogP contribution in [0.2, 0.25) is 0 Å². The minimum Gasteiger partial charge on any atom is -0.495 e. The third-order valence-electron chi connectivity index (χ3n) is 3.51. The number of rotatable bonds is 2. The summed E-state index contributed by atoms with van der Waals surface area (Å²) in [6.07, 6.45) is 0. The van der Waals surface area contributed by atoms with Crippen LogP contribution in [0, 0.1) is 0 Å². The first-order valence-electron chi connectivity index (χ1n) is 6.37. The minimum atomic E-state index is -1.11. The quantitative estimate of drug-likeness (QED) is 0.597. The van der Waals surface area contributed by atoms with Gasteiger partial charge in [-0.2, -0.15) is 0 Å². The van der Waals surface area contributed by atoms with Crippen LogP contribution in [0.25, 0.3) is 0 Å². The monoisotopic (exact) mass is 291 g/mol. The van der Waals surface area contributed by atoms with E-state index in [1.54, 1.807) is 19.9 Å². The molecular formula is C14H17N3O4. The van der Waals surface area contributed by atoms with Gasteiger partial charge in [-0.25, -0.2) is 0 Å². The largest absolute Gasteiger partial charge is 0.495 e. The first-order chi connectivity index (χ1) is 9.77. The topological polar surface area (TPSA) is 102 Å². The zero-order valence-electron chi connectivity index (χ0n) is 12.1. The van der Waals surface area contributed by atoms with Crippen molar-refractivity contribution in [1.82, 2.24) is 10.2 Å². The van der Waals surface area contributed by atoms with Crippen molar-refractivity contribution in [1.29, 1.82) is 0 Å². The molecule has 2 rings (SSSR count). The first-order valence-corrected chi connectivity index (χ1v) is 6.37. The van der Waals surface area contributed by atoms with Gasteiger partial charge < -0.3 is 15.4 Å². The summed E-state index contributed by atoms with van der Waals surface area (Å²) >= 11 is 0. The average molecular weight is 291 g/mol. The van der Waals surface area contributed by atoms with Crippen molar-refractivity contribution < 1.29 is 19.1 Å². The highest BCUT2D eigenvalue weighted by molar-refractivity contribution is 6.09. The van der Waals surface area contributed by atoms with Crippen LogP contribution in [-0.4, -0.2) is 41.8 Å². The molecule has 0 spiro atoms. The van der Waals surface area contributed by atoms with Crippen molar-refractivity contribution in [2.75, 3.05) is 19.4 Å². The Hall–Kier alpha value is -2.57. The van der Waals surface area contributed by atoms with Gasteiger partial charge in [0.15, 0.2) is 0 Å². The van der Waals surface area contributed by atoms with Crippen LogP contribution >= 0.6 is 0 Å². The number of nitrogens with one attached hydrogen (secondary N) is 1. The Bertz CT molecular complexity index is 625. The van der Waals surface area contributed by atoms with E-state index in [0.717, 1.165) is 0 Å². The summed E-state index contributed by atoms with van der Waals surface area (Å²) < 4.78 is 5.08. The SMILES string of the molecule is COc1cc(C(=O)N2CC(=O)NC(=O)C2(C)C)ccc1N. The number of carbonyl (C=O) groups is 3. The lowest BCUT2D eigenvalue weighted by Crippen LogP contribution is -2.65. The van der Waals surface area contributed by atoms with Gasteiger partial charge in [0.25, 0.3) is 11.8 Å². The van der Waals surface area contributed by atoms with Gasteiger partial charge in [0.05, 0.1) is 12.8 Å². The zero-order chi connectivity index (χ0) is 15.8. The van der Waals surface area contributed by atoms with Crippen molar-refractivity contribution in [3.05, 3.63) is 23.8 Å². The number of hydrogen-bond acceptors (Lipinski definition) is 5. The number of benzene rings is 1. The standard InChI is InChI=1S/C14H17N3O4/c1-14(2)13(20)16-11(18)7-17(14)12(19)8-4-5-9(15)10(6-8)21-3/h4-6H,7,15H2,1-3H3,(H,16,18,20). The predicted octanol–water partition coefficient (Wildman–Crippen LogP) is 0.155. The normalized spacial score (nSPS) is 17.4. The minimum absolute atomic E-state index is 0.176. The first kappa shape index (κ1) is 14.8. The Balaban J connectivity index is 2.38. The maximum Gasteiger partial charge on any atom is 0.255 e. The zero-order valence-corrected chi connectivity index (χ0v) is 12.1. The van der Waals surface area contributed by atoms with Crippen molar-refractivity contribution in [3.8, 4) is 5.75 Å². The number of carbonyl (C=O) groups excluding carboxylic acids is 3. The van der Waals surface area contributed by atoms with Gasteiger partial charge in [-0.1, -0.05) is 0 Å². The molecule has 7 heteroatoms. The highest BCUT2D eigenvalue weighted by Gasteiger charge is 2.43. The third kappa shape index (κ3) is 2.54. The van der Waals surface area contributed by atoms with Gasteiger partial charge in [-0.3, -0.25) is 19.7 Å². The van der Waals surface area contributed by atoms with E-state index < -0.39 is 23.3 Å². The summed E-state index contributed by atoms with van der Waals surface area (Å²) in [4.78, 5) is 37.2. The summed E-state index contributed by atoms with van der Waals surface area (Å²) in [7, 11) is 1.45. The Morgan fingerprint density at radius 1 is 1.38 bits per heavy atom. The lowest BCUT2D eigenvalue weighted by molar-refractivity contribution is -0.143. The fraction of sp³-hybridized carbons (Fsp3) is 0.357. The Morgan fingerprint density at radius 2 is 2.05 bits per heavy atom. The van der Waals surface area contributed by atoms with Gasteiger partial charge >= 0.3 is 0 Å². The van der Waals surface area contributed by atoms with Crippen LogP contribution in [0.5, 0.6) is 5.75 Å². The number of amides is 3. The molecule has 1 aliphatic rings. The average Bonchev–Trinajstić information content (AvgIpc) is 2.43. The van der Waals surface area contributed by atoms with E-state index >= 15 is 0 Å². The van der Waals surface area contributed by atoms with E-state index in [0.29, 0.717) is 17.0 Å². The smallest absolute Gasteiger partial charge is 0.255 e. The molecule has 1 aromatic carbocycles. The molecule has 112 valence electrons. The van der Waals surface area contributed by atoms with Crippen LogP contribution in [0.4, 0.5) is 5.69 Å². The Kier molecular flexibility index (Phi) is 3.59. The summed E-state index contributed by atoms with van der Waals surface area (Å²) in [6, 6.07) is 4.57. The third-order valence-corrected chi connectivity index (χ3v) is 3.51. The number of anilines is 1. The molecule has 3 N–H and O–H groups in total. The summed E-state index contributed by atoms with van der Waals surface area (Å²) in [6.45, 7) is 2.99. The molecule has 1 aromatic rings. The number of imide groups is 1. The van der Waals surface area contributed by atoms with Gasteiger partial charge in [-0.05, 0) is 32.0 Å². The second-order valence-electron chi connectivity index (χ2n) is 5.28. The van der Waals surface area contributed by atoms with Crippen LogP contribution in [-0.2, 0) is 9.59 Å². The van der Waals surface area contributed by atoms with E-state index in [2.05, 4.69) is 5.32 Å². The highest BCUT2D eigenvalue weighted by atomic mass is 16.5. The van der Waals surface area contributed by atoms with Crippen molar-refractivity contribution in [2.45, 2.75) is 19.4 Å². The molecule has 1 aliphatic heterocycles. The fourth-order valence-corrected chi connectivity index (χ4v) is 2.11. The second-order valence-corrected chi connectivity index (χ2v) is 5.28. The van der Waals surface area contributed by atoms with Crippen LogP contribution < -0.4 is 15.8 Å². The fourth-order valence-electron chi connectivity index (χ4n) is 2.11. The van der Waals surface area contributed by atoms with Crippen molar-refractivity contribution >= 4 is 23.4 Å². The number of nitrogens with zero attached hydrogens (tertiary/aromatic N) is 1. The van der Waals surface area contributed by atoms with Gasteiger partial charge in [-0.15, -0.1) is 0 Å². The van der Waals surface area contributed by atoms with Crippen LogP contribution in [0.15, 0.2) is 18.2 Å². The molecule has 1 fully saturated rings. The number of hydrogen-bond donors (Lipinski definition) is 2. The molecular weight excluding hydrogens is 274 g/mol. The molecule has 0 aromatic heterocycles. The maximum absolute atomic E-state index is 12.6. The lowest BCUT2D eigenvalue weighted by Gasteiger charge is -2.40. The summed E-state index contributed by atoms with van der Waals surface area (Å²) in [5.74, 6) is -1.07. The number of nitrogens with two attached hydrogens (primary N) is 1. The van der Waals surface area contributed by atoms with Gasteiger partial charge in [0.1, 0.15) is 17.8 Å². The van der Waals surface area contributed by atoms with Crippen molar-refractivity contribution in [2.24, 2.45) is 0 Å². The van der Waals surface area contributed by atoms with Crippen LogP contribution in [0.1, 0.15) is 24.2 Å². The van der Waals surface area contributed by atoms with Gasteiger partial charge in [0.2, 0.25) is 5.91 Å². The summed E-state index contributed by atoms with van der Waals surface area (Å²) in [5, 5.41) is 2.22. The molecule has 0 aliphatic carbocycles. The van der Waals surface area contributed by atoms with E-state index in [9.17, 15) is 14.4 Å². The Labute approximate surface area is 122 Å². The van der Waals surface area contributed by atoms with E-state index in [1.807, 2.05) is 0 Å². The number of piperazine rings is 1. The lowest BCUT2D eigenvalue weighted by atomic mass is 9.97. The van der Waals surface area contributed by atoms with Crippen molar-refractivity contribution in [3.63, 3.8) is 0 Å². The number of ether oxygens (including phenoxy) is 1. The molecule has 21 heavy (non-hydrogen) atoms. The molecule has 7 nitrogen and oxygen atoms in total. The number of methoxy groups -OCH3 is 1. The van der Waals surface area contributed by atoms with Gasteiger partial charge in [0, 0.05) is 5.56 Å². The molecule has 0 radical (unpaired) electrons. The molecule has 0 atom stereocenters. The second kappa shape index (κ2) is 5.08. The van der Waals surface area contributed by atoms with E-state index in [-0.39, 0.29) is 6.54 Å². The molecule has 1 heterocycles.